The molecule has 2 aromatic carbocycles. The summed E-state index contributed by atoms with van der Waals surface area (Å²) in [6.07, 6.45) is -2.53. The quantitative estimate of drug-likeness (QED) is 0.361. The monoisotopic (exact) mass is 525 g/mol. The van der Waals surface area contributed by atoms with Crippen molar-refractivity contribution < 1.29 is 22.3 Å². The number of benzene rings is 2. The minimum absolute atomic E-state index is 0.122. The van der Waals surface area contributed by atoms with Crippen LogP contribution in [0.25, 0.3) is 0 Å². The van der Waals surface area contributed by atoms with Gasteiger partial charge in [0.1, 0.15) is 28.9 Å². The normalized spacial score (nSPS) is 19.0. The molecular formula is C23H23F4N5OS2. The summed E-state index contributed by atoms with van der Waals surface area (Å²) in [4.78, 5) is 6.29. The number of alkyl halides is 3. The van der Waals surface area contributed by atoms with Crippen LogP contribution in [-0.4, -0.2) is 45.7 Å². The molecule has 1 fully saturated rings. The summed E-state index contributed by atoms with van der Waals surface area (Å²) >= 11 is 6.85. The van der Waals surface area contributed by atoms with E-state index in [2.05, 4.69) is 14.7 Å². The van der Waals surface area contributed by atoms with Gasteiger partial charge in [0.2, 0.25) is 0 Å². The molecule has 0 amide bonds. The smallest absolute Gasteiger partial charge is 0.407 e. The summed E-state index contributed by atoms with van der Waals surface area (Å²) in [7, 11) is 1.41. The highest BCUT2D eigenvalue weighted by atomic mass is 32.1. The highest BCUT2D eigenvalue weighted by molar-refractivity contribution is 7.80. The topological polar surface area (TPSA) is 76.3 Å². The van der Waals surface area contributed by atoms with Crippen molar-refractivity contribution in [3.63, 3.8) is 0 Å². The van der Waals surface area contributed by atoms with Crippen LogP contribution in [0.4, 0.5) is 23.2 Å². The number of ether oxygens (including phenoxy) is 1. The summed E-state index contributed by atoms with van der Waals surface area (Å²) in [5, 5.41) is 4.04. The molecule has 0 bridgehead atoms. The van der Waals surface area contributed by atoms with Crippen LogP contribution in [0.1, 0.15) is 34.2 Å². The van der Waals surface area contributed by atoms with Crippen LogP contribution >= 0.6 is 23.8 Å². The van der Waals surface area contributed by atoms with Crippen molar-refractivity contribution in [2.75, 3.05) is 25.5 Å². The van der Waals surface area contributed by atoms with Gasteiger partial charge in [0, 0.05) is 13.1 Å². The highest BCUT2D eigenvalue weighted by Crippen LogP contribution is 2.42. The molecule has 12 heteroatoms. The van der Waals surface area contributed by atoms with Crippen LogP contribution < -0.4 is 15.8 Å². The van der Waals surface area contributed by atoms with Crippen LogP contribution in [0, 0.1) is 12.7 Å². The average Bonchev–Trinajstić information content (AvgIpc) is 3.51. The highest BCUT2D eigenvalue weighted by Gasteiger charge is 2.45. The molecule has 0 unspecified atom stereocenters. The zero-order chi connectivity index (χ0) is 25.4. The van der Waals surface area contributed by atoms with Crippen LogP contribution in [0.5, 0.6) is 5.75 Å². The van der Waals surface area contributed by atoms with Crippen LogP contribution in [0.2, 0.25) is 0 Å². The molecule has 3 N–H and O–H groups in total. The van der Waals surface area contributed by atoms with Crippen LogP contribution in [0.15, 0.2) is 42.7 Å². The minimum atomic E-state index is -4.59. The van der Waals surface area contributed by atoms with Crippen LogP contribution in [-0.2, 0) is 5.41 Å². The van der Waals surface area contributed by atoms with Gasteiger partial charge in [-0.25, -0.2) is 9.37 Å². The van der Waals surface area contributed by atoms with E-state index < -0.39 is 17.6 Å². The third-order valence-corrected chi connectivity index (χ3v) is 7.46. The number of rotatable bonds is 5. The van der Waals surface area contributed by atoms with Gasteiger partial charge in [-0.15, -0.1) is 0 Å². The predicted molar refractivity (Wildman–Crippen MR) is 130 cm³/mol. The molecule has 0 radical (unpaired) electrons. The lowest BCUT2D eigenvalue weighted by atomic mass is 9.80. The zero-order valence-electron chi connectivity index (χ0n) is 18.9. The molecule has 0 aliphatic carbocycles. The van der Waals surface area contributed by atoms with Gasteiger partial charge in [0.05, 0.1) is 18.2 Å². The van der Waals surface area contributed by atoms with Gasteiger partial charge in [-0.1, -0.05) is 18.2 Å². The molecule has 2 heterocycles. The Bertz CT molecular complexity index is 1220. The largest absolute Gasteiger partial charge is 0.495 e. The predicted octanol–water partition coefficient (Wildman–Crippen LogP) is 4.95. The molecule has 186 valence electrons. The number of methoxy groups -OCH3 is 1. The number of nitrogens with one attached hydrogen (secondary N) is 1. The Hall–Kier alpha value is -2.83. The minimum Gasteiger partial charge on any atom is -0.495 e. The fourth-order valence-corrected chi connectivity index (χ4v) is 5.20. The standard InChI is InChI=1S/C23H23F4N5OS2/c1-13-3-5-15(10-16(13)24)22(20-29-12-30-35-20)7-8-32(11-22)21(34)31-17-9-14(4-6-18(17)33-2)19(28)23(25,26)27/h3-6,9-10,12,19H,7-8,11,28H2,1-2H3,(H,31,34)/t19-,22-/m1/s1. The summed E-state index contributed by atoms with van der Waals surface area (Å²) < 4.78 is 63.3. The number of nitrogens with two attached hydrogens (primary N) is 1. The molecule has 0 spiro atoms. The molecule has 35 heavy (non-hydrogen) atoms. The summed E-state index contributed by atoms with van der Waals surface area (Å²) in [6.45, 7) is 2.61. The zero-order valence-corrected chi connectivity index (χ0v) is 20.5. The maximum absolute atomic E-state index is 14.5. The van der Waals surface area contributed by atoms with E-state index in [0.717, 1.165) is 10.6 Å². The first kappa shape index (κ1) is 25.3. The average molecular weight is 526 g/mol. The molecule has 1 aliphatic heterocycles. The van der Waals surface area contributed by atoms with E-state index >= 15 is 0 Å². The van der Waals surface area contributed by atoms with Gasteiger partial charge in [-0.05, 0) is 72.0 Å². The van der Waals surface area contributed by atoms with E-state index in [-0.39, 0.29) is 17.1 Å². The first-order valence-electron chi connectivity index (χ1n) is 10.6. The van der Waals surface area contributed by atoms with E-state index in [1.54, 1.807) is 13.0 Å². The first-order valence-corrected chi connectivity index (χ1v) is 11.8. The number of thiocarbonyl (C=S) groups is 1. The van der Waals surface area contributed by atoms with Gasteiger partial charge in [-0.2, -0.15) is 17.5 Å². The van der Waals surface area contributed by atoms with Crippen molar-refractivity contribution in [2.24, 2.45) is 5.73 Å². The van der Waals surface area contributed by atoms with Gasteiger partial charge in [0.15, 0.2) is 5.11 Å². The number of likely N-dealkylation sites (tertiary alicyclic amines) is 1. The molecule has 1 aliphatic rings. The second-order valence-corrected chi connectivity index (χ2v) is 9.54. The second kappa shape index (κ2) is 9.67. The molecule has 6 nitrogen and oxygen atoms in total. The Morgan fingerprint density at radius 2 is 2.06 bits per heavy atom. The van der Waals surface area contributed by atoms with Crippen molar-refractivity contribution in [3.8, 4) is 5.75 Å². The molecule has 4 rings (SSSR count). The molecule has 2 atom stereocenters. The second-order valence-electron chi connectivity index (χ2n) is 8.37. The Labute approximate surface area is 209 Å². The Morgan fingerprint density at radius 3 is 2.69 bits per heavy atom. The number of nitrogens with zero attached hydrogens (tertiary/aromatic N) is 3. The van der Waals surface area contributed by atoms with E-state index in [9.17, 15) is 17.6 Å². The van der Waals surface area contributed by atoms with Crippen molar-refractivity contribution in [3.05, 3.63) is 70.2 Å². The van der Waals surface area contributed by atoms with E-state index in [1.165, 1.54) is 49.2 Å². The van der Waals surface area contributed by atoms with Gasteiger partial charge >= 0.3 is 6.18 Å². The molecule has 1 aromatic heterocycles. The lowest BCUT2D eigenvalue weighted by Crippen LogP contribution is -2.37. The fraction of sp³-hybridized carbons (Fsp3) is 0.348. The van der Waals surface area contributed by atoms with E-state index in [4.69, 9.17) is 22.7 Å². The fourth-order valence-electron chi connectivity index (χ4n) is 4.19. The van der Waals surface area contributed by atoms with Crippen LogP contribution in [0.3, 0.4) is 0 Å². The first-order chi connectivity index (χ1) is 16.5. The van der Waals surface area contributed by atoms with Crippen molar-refractivity contribution in [1.82, 2.24) is 14.3 Å². The third kappa shape index (κ3) is 4.95. The summed E-state index contributed by atoms with van der Waals surface area (Å²) in [5.41, 5.74) is 6.20. The maximum Gasteiger partial charge on any atom is 0.407 e. The van der Waals surface area contributed by atoms with Gasteiger partial charge in [-0.3, -0.25) is 0 Å². The SMILES string of the molecule is COc1ccc([C@@H](N)C(F)(F)F)cc1NC(=S)N1CC[C@@](c2ccc(C)c(F)c2)(c2ncns2)C1. The lowest BCUT2D eigenvalue weighted by Gasteiger charge is -2.29. The van der Waals surface area contributed by atoms with E-state index in [0.29, 0.717) is 35.9 Å². The summed E-state index contributed by atoms with van der Waals surface area (Å²) in [5.74, 6) is 0.00811. The number of anilines is 1. The number of hydrogen-bond acceptors (Lipinski definition) is 6. The number of halogens is 4. The van der Waals surface area contributed by atoms with Crippen molar-refractivity contribution in [2.45, 2.75) is 31.0 Å². The Morgan fingerprint density at radius 1 is 1.29 bits per heavy atom. The number of aryl methyl sites for hydroxylation is 1. The molecule has 3 aromatic rings. The Kier molecular flexibility index (Phi) is 6.98. The van der Waals surface area contributed by atoms with Gasteiger partial charge < -0.3 is 20.7 Å². The van der Waals surface area contributed by atoms with Crippen molar-refractivity contribution >= 4 is 34.6 Å². The lowest BCUT2D eigenvalue weighted by molar-refractivity contribution is -0.149. The summed E-state index contributed by atoms with van der Waals surface area (Å²) in [6, 6.07) is 6.95. The molecule has 1 saturated heterocycles. The number of aromatic nitrogens is 2. The van der Waals surface area contributed by atoms with Gasteiger partial charge in [0.25, 0.3) is 0 Å². The maximum atomic E-state index is 14.5. The Balaban J connectivity index is 1.61. The van der Waals surface area contributed by atoms with Crippen molar-refractivity contribution in [1.29, 1.82) is 0 Å². The number of hydrogen-bond donors (Lipinski definition) is 2. The molecular weight excluding hydrogens is 502 g/mol. The van der Waals surface area contributed by atoms with E-state index in [1.807, 2.05) is 11.0 Å². The molecule has 0 saturated carbocycles. The third-order valence-electron chi connectivity index (χ3n) is 6.23.